The molecular formula is C16H13BrN2O3. The molecule has 0 aromatic heterocycles. The number of nitrogens with zero attached hydrogens (tertiary/aromatic N) is 1. The molecule has 112 valence electrons. The van der Waals surface area contributed by atoms with Crippen LogP contribution in [0.3, 0.4) is 0 Å². The highest BCUT2D eigenvalue weighted by Crippen LogP contribution is 2.21. The van der Waals surface area contributed by atoms with Crippen LogP contribution in [-0.4, -0.2) is 10.8 Å². The summed E-state index contributed by atoms with van der Waals surface area (Å²) in [7, 11) is 0. The Balaban J connectivity index is 2.10. The monoisotopic (exact) mass is 360 g/mol. The Kier molecular flexibility index (Phi) is 5.06. The Bertz CT molecular complexity index is 740. The van der Waals surface area contributed by atoms with Gasteiger partial charge in [0.25, 0.3) is 5.69 Å². The predicted molar refractivity (Wildman–Crippen MR) is 89.6 cm³/mol. The van der Waals surface area contributed by atoms with Crippen molar-refractivity contribution >= 4 is 39.3 Å². The van der Waals surface area contributed by atoms with Crippen molar-refractivity contribution in [3.05, 3.63) is 74.3 Å². The third-order valence-corrected chi connectivity index (χ3v) is 3.52. The number of amides is 1. The first-order valence-electron chi connectivity index (χ1n) is 6.45. The summed E-state index contributed by atoms with van der Waals surface area (Å²) in [6.45, 7) is 1.78. The number of non-ortho nitro benzene ring substituents is 1. The number of nitrogens with one attached hydrogen (secondary N) is 1. The van der Waals surface area contributed by atoms with E-state index in [0.717, 1.165) is 15.6 Å². The number of carbonyl (C=O) groups excluding carboxylic acids is 1. The SMILES string of the molecule is Cc1ccc([N+](=O)[O-])cc1NC(=O)/C=C\c1ccc(Br)cc1. The van der Waals surface area contributed by atoms with Gasteiger partial charge in [0.1, 0.15) is 0 Å². The molecule has 22 heavy (non-hydrogen) atoms. The molecule has 2 rings (SSSR count). The third kappa shape index (κ3) is 4.26. The molecular weight excluding hydrogens is 348 g/mol. The van der Waals surface area contributed by atoms with Crippen molar-refractivity contribution in [1.29, 1.82) is 0 Å². The van der Waals surface area contributed by atoms with Crippen LogP contribution in [0.1, 0.15) is 11.1 Å². The molecule has 0 saturated heterocycles. The summed E-state index contributed by atoms with van der Waals surface area (Å²) in [6, 6.07) is 11.8. The fourth-order valence-corrected chi connectivity index (χ4v) is 2.04. The molecule has 0 spiro atoms. The van der Waals surface area contributed by atoms with Crippen LogP contribution >= 0.6 is 15.9 Å². The summed E-state index contributed by atoms with van der Waals surface area (Å²) < 4.78 is 0.960. The minimum absolute atomic E-state index is 0.0576. The topological polar surface area (TPSA) is 72.2 Å². The molecule has 0 heterocycles. The van der Waals surface area contributed by atoms with Gasteiger partial charge in [-0.1, -0.05) is 34.1 Å². The first-order valence-corrected chi connectivity index (χ1v) is 7.24. The lowest BCUT2D eigenvalue weighted by molar-refractivity contribution is -0.384. The highest BCUT2D eigenvalue weighted by atomic mass is 79.9. The molecule has 5 nitrogen and oxygen atoms in total. The maximum Gasteiger partial charge on any atom is 0.271 e. The van der Waals surface area contributed by atoms with Crippen LogP contribution in [0.15, 0.2) is 53.0 Å². The fourth-order valence-electron chi connectivity index (χ4n) is 1.78. The van der Waals surface area contributed by atoms with Crippen LogP contribution in [0, 0.1) is 17.0 Å². The van der Waals surface area contributed by atoms with Gasteiger partial charge in [0.15, 0.2) is 0 Å². The lowest BCUT2D eigenvalue weighted by Gasteiger charge is -2.06. The molecule has 0 unspecified atom stereocenters. The molecule has 0 saturated carbocycles. The maximum absolute atomic E-state index is 11.9. The van der Waals surface area contributed by atoms with Crippen LogP contribution in [-0.2, 0) is 4.79 Å². The zero-order valence-corrected chi connectivity index (χ0v) is 13.3. The zero-order chi connectivity index (χ0) is 16.1. The lowest BCUT2D eigenvalue weighted by Crippen LogP contribution is -2.09. The van der Waals surface area contributed by atoms with Gasteiger partial charge in [0, 0.05) is 22.7 Å². The summed E-state index contributed by atoms with van der Waals surface area (Å²) in [5, 5.41) is 13.4. The standard InChI is InChI=1S/C16H13BrN2O3/c1-11-2-8-14(19(21)22)10-15(11)18-16(20)9-5-12-3-6-13(17)7-4-12/h2-10H,1H3,(H,18,20)/b9-5-. The van der Waals surface area contributed by atoms with Gasteiger partial charge in [-0.05, 0) is 36.3 Å². The molecule has 0 fully saturated rings. The van der Waals surface area contributed by atoms with Gasteiger partial charge >= 0.3 is 0 Å². The largest absolute Gasteiger partial charge is 0.322 e. The smallest absolute Gasteiger partial charge is 0.271 e. The molecule has 0 aliphatic heterocycles. The van der Waals surface area contributed by atoms with Crippen molar-refractivity contribution < 1.29 is 9.72 Å². The summed E-state index contributed by atoms with van der Waals surface area (Å²) in [5.74, 6) is -0.341. The second-order valence-corrected chi connectivity index (χ2v) is 5.55. The zero-order valence-electron chi connectivity index (χ0n) is 11.7. The third-order valence-electron chi connectivity index (χ3n) is 2.99. The highest BCUT2D eigenvalue weighted by Gasteiger charge is 2.09. The van der Waals surface area contributed by atoms with Gasteiger partial charge in [0.05, 0.1) is 10.6 Å². The number of carbonyl (C=O) groups is 1. The van der Waals surface area contributed by atoms with Crippen LogP contribution in [0.5, 0.6) is 0 Å². The van der Waals surface area contributed by atoms with E-state index in [1.807, 2.05) is 24.3 Å². The van der Waals surface area contributed by atoms with Crippen molar-refractivity contribution in [1.82, 2.24) is 0 Å². The van der Waals surface area contributed by atoms with Crippen LogP contribution < -0.4 is 5.32 Å². The van der Waals surface area contributed by atoms with E-state index in [4.69, 9.17) is 0 Å². The summed E-state index contributed by atoms with van der Waals surface area (Å²) in [5.41, 5.74) is 2.02. The number of aryl methyl sites for hydroxylation is 1. The number of hydrogen-bond donors (Lipinski definition) is 1. The van der Waals surface area contributed by atoms with E-state index in [0.29, 0.717) is 5.69 Å². The van der Waals surface area contributed by atoms with E-state index in [2.05, 4.69) is 21.2 Å². The molecule has 0 atom stereocenters. The molecule has 1 amide bonds. The second-order valence-electron chi connectivity index (χ2n) is 4.63. The number of hydrogen-bond acceptors (Lipinski definition) is 3. The van der Waals surface area contributed by atoms with Crippen molar-refractivity contribution in [3.8, 4) is 0 Å². The number of anilines is 1. The Labute approximate surface area is 135 Å². The van der Waals surface area contributed by atoms with Gasteiger partial charge in [-0.3, -0.25) is 14.9 Å². The minimum atomic E-state index is -0.493. The van der Waals surface area contributed by atoms with Crippen molar-refractivity contribution in [2.75, 3.05) is 5.32 Å². The van der Waals surface area contributed by atoms with Gasteiger partial charge < -0.3 is 5.32 Å². The number of nitro benzene ring substituents is 1. The van der Waals surface area contributed by atoms with Crippen LogP contribution in [0.25, 0.3) is 6.08 Å². The van der Waals surface area contributed by atoms with E-state index in [1.54, 1.807) is 19.1 Å². The number of halogens is 1. The Morgan fingerprint density at radius 1 is 1.23 bits per heavy atom. The number of nitro groups is 1. The summed E-state index contributed by atoms with van der Waals surface area (Å²) >= 11 is 3.34. The van der Waals surface area contributed by atoms with Crippen LogP contribution in [0.4, 0.5) is 11.4 Å². The Morgan fingerprint density at radius 3 is 2.55 bits per heavy atom. The van der Waals surface area contributed by atoms with E-state index < -0.39 is 4.92 Å². The van der Waals surface area contributed by atoms with Gasteiger partial charge in [0.2, 0.25) is 5.91 Å². The molecule has 0 radical (unpaired) electrons. The Hall–Kier alpha value is -2.47. The highest BCUT2D eigenvalue weighted by molar-refractivity contribution is 9.10. The molecule has 2 aromatic carbocycles. The quantitative estimate of drug-likeness (QED) is 0.501. The molecule has 2 aromatic rings. The van der Waals surface area contributed by atoms with Crippen molar-refractivity contribution in [3.63, 3.8) is 0 Å². The molecule has 0 aliphatic carbocycles. The van der Waals surface area contributed by atoms with Gasteiger partial charge in [-0.15, -0.1) is 0 Å². The summed E-state index contributed by atoms with van der Waals surface area (Å²) in [4.78, 5) is 22.2. The number of benzene rings is 2. The number of rotatable bonds is 4. The molecule has 1 N–H and O–H groups in total. The first kappa shape index (κ1) is 15.9. The maximum atomic E-state index is 11.9. The van der Waals surface area contributed by atoms with Gasteiger partial charge in [-0.25, -0.2) is 0 Å². The molecule has 0 aliphatic rings. The lowest BCUT2D eigenvalue weighted by atomic mass is 10.1. The first-order chi connectivity index (χ1) is 10.5. The van der Waals surface area contributed by atoms with E-state index in [1.165, 1.54) is 18.2 Å². The average Bonchev–Trinajstić information content (AvgIpc) is 2.48. The average molecular weight is 361 g/mol. The van der Waals surface area contributed by atoms with E-state index in [-0.39, 0.29) is 11.6 Å². The van der Waals surface area contributed by atoms with Crippen molar-refractivity contribution in [2.24, 2.45) is 0 Å². The Morgan fingerprint density at radius 2 is 1.91 bits per heavy atom. The van der Waals surface area contributed by atoms with Crippen LogP contribution in [0.2, 0.25) is 0 Å². The van der Waals surface area contributed by atoms with Crippen molar-refractivity contribution in [2.45, 2.75) is 6.92 Å². The molecule has 6 heteroatoms. The predicted octanol–water partition coefficient (Wildman–Crippen LogP) is 4.32. The normalized spacial score (nSPS) is 10.6. The second kappa shape index (κ2) is 7.00. The fraction of sp³-hybridized carbons (Fsp3) is 0.0625. The van der Waals surface area contributed by atoms with E-state index >= 15 is 0 Å². The van der Waals surface area contributed by atoms with E-state index in [9.17, 15) is 14.9 Å². The van der Waals surface area contributed by atoms with Gasteiger partial charge in [-0.2, -0.15) is 0 Å². The molecule has 0 bridgehead atoms. The minimum Gasteiger partial charge on any atom is -0.322 e. The summed E-state index contributed by atoms with van der Waals surface area (Å²) in [6.07, 6.45) is 3.07.